The van der Waals surface area contributed by atoms with Crippen LogP contribution in [0.2, 0.25) is 0 Å². The van der Waals surface area contributed by atoms with Gasteiger partial charge in [0.1, 0.15) is 5.82 Å². The predicted molar refractivity (Wildman–Crippen MR) is 62.0 cm³/mol. The van der Waals surface area contributed by atoms with Gasteiger partial charge in [0.05, 0.1) is 0 Å². The van der Waals surface area contributed by atoms with E-state index in [9.17, 15) is 9.18 Å². The lowest BCUT2D eigenvalue weighted by molar-refractivity contribution is 0.0953. The number of aryl methyl sites for hydroxylation is 1. The Morgan fingerprint density at radius 1 is 1.38 bits per heavy atom. The van der Waals surface area contributed by atoms with E-state index in [0.29, 0.717) is 12.1 Å². The Labute approximate surface area is 95.0 Å². The molecule has 0 heterocycles. The minimum atomic E-state index is -0.387. The molecule has 0 aliphatic heterocycles. The van der Waals surface area contributed by atoms with Crippen molar-refractivity contribution < 1.29 is 9.18 Å². The van der Waals surface area contributed by atoms with Crippen LogP contribution in [0.5, 0.6) is 0 Å². The maximum atomic E-state index is 13.0. The molecular weight excluding hydrogens is 207 g/mol. The molecule has 4 heteroatoms. The van der Waals surface area contributed by atoms with Crippen molar-refractivity contribution in [2.45, 2.75) is 13.8 Å². The SMILES string of the molecule is CCNCCNC(=O)c1cc(F)ccc1C. The van der Waals surface area contributed by atoms with Crippen LogP contribution in [0, 0.1) is 12.7 Å². The van der Waals surface area contributed by atoms with Gasteiger partial charge in [0.15, 0.2) is 0 Å². The fourth-order valence-corrected chi connectivity index (χ4v) is 1.38. The van der Waals surface area contributed by atoms with Crippen LogP contribution in [0.3, 0.4) is 0 Å². The molecule has 0 saturated heterocycles. The van der Waals surface area contributed by atoms with Crippen LogP contribution >= 0.6 is 0 Å². The molecule has 1 aromatic rings. The summed E-state index contributed by atoms with van der Waals surface area (Å²) in [7, 11) is 0. The Kier molecular flexibility index (Phi) is 4.92. The third kappa shape index (κ3) is 3.62. The monoisotopic (exact) mass is 224 g/mol. The molecule has 0 aliphatic carbocycles. The second-order valence-electron chi connectivity index (χ2n) is 3.57. The molecule has 0 radical (unpaired) electrons. The fraction of sp³-hybridized carbons (Fsp3) is 0.417. The zero-order valence-electron chi connectivity index (χ0n) is 9.64. The Hall–Kier alpha value is -1.42. The largest absolute Gasteiger partial charge is 0.351 e. The molecule has 0 fully saturated rings. The van der Waals surface area contributed by atoms with E-state index < -0.39 is 0 Å². The van der Waals surface area contributed by atoms with Crippen LogP contribution in [0.15, 0.2) is 18.2 Å². The number of rotatable bonds is 5. The smallest absolute Gasteiger partial charge is 0.251 e. The lowest BCUT2D eigenvalue weighted by atomic mass is 10.1. The normalized spacial score (nSPS) is 10.2. The maximum absolute atomic E-state index is 13.0. The number of hydrogen-bond acceptors (Lipinski definition) is 2. The van der Waals surface area contributed by atoms with Crippen molar-refractivity contribution in [2.24, 2.45) is 0 Å². The molecule has 1 rings (SSSR count). The van der Waals surface area contributed by atoms with Crippen molar-refractivity contribution >= 4 is 5.91 Å². The molecule has 0 atom stereocenters. The molecule has 1 amide bonds. The Bertz CT molecular complexity index is 366. The summed E-state index contributed by atoms with van der Waals surface area (Å²) < 4.78 is 13.0. The summed E-state index contributed by atoms with van der Waals surface area (Å²) >= 11 is 0. The Morgan fingerprint density at radius 2 is 2.12 bits per heavy atom. The van der Waals surface area contributed by atoms with Gasteiger partial charge >= 0.3 is 0 Å². The average molecular weight is 224 g/mol. The summed E-state index contributed by atoms with van der Waals surface area (Å²) in [6.45, 7) is 5.92. The molecule has 0 saturated carbocycles. The van der Waals surface area contributed by atoms with Gasteiger partial charge in [-0.3, -0.25) is 4.79 Å². The van der Waals surface area contributed by atoms with E-state index in [1.807, 2.05) is 6.92 Å². The van der Waals surface area contributed by atoms with Crippen LogP contribution in [0.25, 0.3) is 0 Å². The molecule has 0 bridgehead atoms. The highest BCUT2D eigenvalue weighted by molar-refractivity contribution is 5.95. The standard InChI is InChI=1S/C12H17FN2O/c1-3-14-6-7-15-12(16)11-8-10(13)5-4-9(11)2/h4-5,8,14H,3,6-7H2,1-2H3,(H,15,16). The first-order chi connectivity index (χ1) is 7.65. The summed E-state index contributed by atoms with van der Waals surface area (Å²) in [6.07, 6.45) is 0. The van der Waals surface area contributed by atoms with Gasteiger partial charge in [-0.15, -0.1) is 0 Å². The average Bonchev–Trinajstić information content (AvgIpc) is 2.27. The Balaban J connectivity index is 2.55. The van der Waals surface area contributed by atoms with Crippen LogP contribution in [0.4, 0.5) is 4.39 Å². The van der Waals surface area contributed by atoms with Gasteiger partial charge in [0.25, 0.3) is 5.91 Å². The van der Waals surface area contributed by atoms with Gasteiger partial charge in [0, 0.05) is 18.7 Å². The van der Waals surface area contributed by atoms with E-state index in [2.05, 4.69) is 10.6 Å². The highest BCUT2D eigenvalue weighted by atomic mass is 19.1. The summed E-state index contributed by atoms with van der Waals surface area (Å²) in [6, 6.07) is 4.22. The van der Waals surface area contributed by atoms with E-state index >= 15 is 0 Å². The third-order valence-electron chi connectivity index (χ3n) is 2.28. The van der Waals surface area contributed by atoms with Crippen molar-refractivity contribution in [1.29, 1.82) is 0 Å². The van der Waals surface area contributed by atoms with Gasteiger partial charge in [0.2, 0.25) is 0 Å². The van der Waals surface area contributed by atoms with Crippen molar-refractivity contribution in [3.63, 3.8) is 0 Å². The highest BCUT2D eigenvalue weighted by Gasteiger charge is 2.08. The minimum Gasteiger partial charge on any atom is -0.351 e. The van der Waals surface area contributed by atoms with E-state index in [0.717, 1.165) is 18.7 Å². The summed E-state index contributed by atoms with van der Waals surface area (Å²) in [4.78, 5) is 11.7. The topological polar surface area (TPSA) is 41.1 Å². The molecular formula is C12H17FN2O. The van der Waals surface area contributed by atoms with Crippen LogP contribution < -0.4 is 10.6 Å². The van der Waals surface area contributed by atoms with Gasteiger partial charge in [-0.1, -0.05) is 13.0 Å². The number of hydrogen-bond donors (Lipinski definition) is 2. The van der Waals surface area contributed by atoms with Crippen molar-refractivity contribution in [2.75, 3.05) is 19.6 Å². The molecule has 16 heavy (non-hydrogen) atoms. The zero-order chi connectivity index (χ0) is 12.0. The number of benzene rings is 1. The first kappa shape index (κ1) is 12.6. The van der Waals surface area contributed by atoms with E-state index in [-0.39, 0.29) is 11.7 Å². The van der Waals surface area contributed by atoms with E-state index in [4.69, 9.17) is 0 Å². The summed E-state index contributed by atoms with van der Waals surface area (Å²) in [5, 5.41) is 5.83. The van der Waals surface area contributed by atoms with Crippen molar-refractivity contribution in [1.82, 2.24) is 10.6 Å². The van der Waals surface area contributed by atoms with Gasteiger partial charge in [-0.05, 0) is 31.2 Å². The number of amides is 1. The number of carbonyl (C=O) groups is 1. The van der Waals surface area contributed by atoms with Gasteiger partial charge < -0.3 is 10.6 Å². The molecule has 0 aliphatic rings. The molecule has 2 N–H and O–H groups in total. The lowest BCUT2D eigenvalue weighted by Crippen LogP contribution is -2.32. The van der Waals surface area contributed by atoms with Crippen molar-refractivity contribution in [3.8, 4) is 0 Å². The Morgan fingerprint density at radius 3 is 2.81 bits per heavy atom. The lowest BCUT2D eigenvalue weighted by Gasteiger charge is -2.07. The molecule has 0 spiro atoms. The van der Waals surface area contributed by atoms with Crippen LogP contribution in [0.1, 0.15) is 22.8 Å². The molecule has 1 aromatic carbocycles. The molecule has 0 aromatic heterocycles. The summed E-state index contributed by atoms with van der Waals surface area (Å²) in [5.74, 6) is -0.614. The third-order valence-corrected chi connectivity index (χ3v) is 2.28. The van der Waals surface area contributed by atoms with E-state index in [1.165, 1.54) is 12.1 Å². The number of halogens is 1. The number of nitrogens with one attached hydrogen (secondary N) is 2. The zero-order valence-corrected chi connectivity index (χ0v) is 9.64. The molecule has 3 nitrogen and oxygen atoms in total. The molecule has 0 unspecified atom stereocenters. The maximum Gasteiger partial charge on any atom is 0.251 e. The van der Waals surface area contributed by atoms with Crippen molar-refractivity contribution in [3.05, 3.63) is 35.1 Å². The molecule has 88 valence electrons. The van der Waals surface area contributed by atoms with Crippen LogP contribution in [-0.4, -0.2) is 25.5 Å². The first-order valence-electron chi connectivity index (χ1n) is 5.40. The highest BCUT2D eigenvalue weighted by Crippen LogP contribution is 2.09. The van der Waals surface area contributed by atoms with Gasteiger partial charge in [-0.25, -0.2) is 4.39 Å². The quantitative estimate of drug-likeness (QED) is 0.744. The number of carbonyl (C=O) groups excluding carboxylic acids is 1. The second kappa shape index (κ2) is 6.23. The first-order valence-corrected chi connectivity index (χ1v) is 5.40. The number of likely N-dealkylation sites (N-methyl/N-ethyl adjacent to an activating group) is 1. The van der Waals surface area contributed by atoms with Crippen LogP contribution in [-0.2, 0) is 0 Å². The second-order valence-corrected chi connectivity index (χ2v) is 3.57. The van der Waals surface area contributed by atoms with E-state index in [1.54, 1.807) is 13.0 Å². The van der Waals surface area contributed by atoms with Gasteiger partial charge in [-0.2, -0.15) is 0 Å². The predicted octanol–water partition coefficient (Wildman–Crippen LogP) is 1.47. The minimum absolute atomic E-state index is 0.227. The summed E-state index contributed by atoms with van der Waals surface area (Å²) in [5.41, 5.74) is 1.18. The fourth-order valence-electron chi connectivity index (χ4n) is 1.38.